The third-order valence-electron chi connectivity index (χ3n) is 2.08. The highest BCUT2D eigenvalue weighted by atomic mass is 16.6. The van der Waals surface area contributed by atoms with Gasteiger partial charge in [0.15, 0.2) is 6.10 Å². The number of ether oxygens (including phenoxy) is 2. The summed E-state index contributed by atoms with van der Waals surface area (Å²) in [6, 6.07) is 9.41. The molecule has 0 amide bonds. The first-order valence-corrected chi connectivity index (χ1v) is 5.91. The van der Waals surface area contributed by atoms with E-state index in [-0.39, 0.29) is 18.2 Å². The lowest BCUT2D eigenvalue weighted by molar-refractivity contribution is -0.164. The molecule has 3 heteroatoms. The van der Waals surface area contributed by atoms with Crippen molar-refractivity contribution in [3.8, 4) is 0 Å². The Morgan fingerprint density at radius 2 is 1.59 bits per heavy atom. The number of benzene rings is 1. The first-order chi connectivity index (χ1) is 8.00. The van der Waals surface area contributed by atoms with Gasteiger partial charge in [0.25, 0.3) is 0 Å². The Morgan fingerprint density at radius 1 is 1.00 bits per heavy atom. The van der Waals surface area contributed by atoms with Gasteiger partial charge in [0.1, 0.15) is 0 Å². The Bertz CT molecular complexity index is 344. The predicted octanol–water partition coefficient (Wildman–Crippen LogP) is 3.10. The molecule has 94 valence electrons. The SMILES string of the molecule is CC(C)OC(=O)[C@H](OC(C)C)c1ccccc1. The van der Waals surface area contributed by atoms with E-state index in [9.17, 15) is 4.79 Å². The van der Waals surface area contributed by atoms with E-state index in [2.05, 4.69) is 0 Å². The molecule has 0 saturated heterocycles. The molecule has 17 heavy (non-hydrogen) atoms. The topological polar surface area (TPSA) is 35.5 Å². The van der Waals surface area contributed by atoms with Gasteiger partial charge in [-0.2, -0.15) is 0 Å². The van der Waals surface area contributed by atoms with Crippen molar-refractivity contribution in [3.05, 3.63) is 35.9 Å². The molecule has 1 aromatic carbocycles. The van der Waals surface area contributed by atoms with Crippen LogP contribution >= 0.6 is 0 Å². The van der Waals surface area contributed by atoms with Gasteiger partial charge in [-0.15, -0.1) is 0 Å². The number of carbonyl (C=O) groups is 1. The van der Waals surface area contributed by atoms with Crippen LogP contribution in [-0.2, 0) is 14.3 Å². The van der Waals surface area contributed by atoms with Crippen molar-refractivity contribution >= 4 is 5.97 Å². The lowest BCUT2D eigenvalue weighted by atomic mass is 10.1. The minimum Gasteiger partial charge on any atom is -0.461 e. The third kappa shape index (κ3) is 4.57. The summed E-state index contributed by atoms with van der Waals surface area (Å²) < 4.78 is 10.8. The second-order valence-corrected chi connectivity index (χ2v) is 4.46. The first kappa shape index (κ1) is 13.7. The van der Waals surface area contributed by atoms with Gasteiger partial charge in [0.05, 0.1) is 12.2 Å². The van der Waals surface area contributed by atoms with Crippen LogP contribution in [0.15, 0.2) is 30.3 Å². The van der Waals surface area contributed by atoms with Gasteiger partial charge < -0.3 is 9.47 Å². The fraction of sp³-hybridized carbons (Fsp3) is 0.500. The Morgan fingerprint density at radius 3 is 2.06 bits per heavy atom. The van der Waals surface area contributed by atoms with Crippen LogP contribution in [0.2, 0.25) is 0 Å². The Hall–Kier alpha value is -1.35. The quantitative estimate of drug-likeness (QED) is 0.737. The van der Waals surface area contributed by atoms with E-state index in [0.29, 0.717) is 0 Å². The Kier molecular flexibility index (Phi) is 5.16. The highest BCUT2D eigenvalue weighted by molar-refractivity contribution is 5.76. The molecule has 0 aliphatic rings. The van der Waals surface area contributed by atoms with Crippen LogP contribution in [0.5, 0.6) is 0 Å². The fourth-order valence-electron chi connectivity index (χ4n) is 1.46. The summed E-state index contributed by atoms with van der Waals surface area (Å²) in [5.41, 5.74) is 0.826. The summed E-state index contributed by atoms with van der Waals surface area (Å²) in [7, 11) is 0. The molecule has 0 spiro atoms. The van der Waals surface area contributed by atoms with Crippen molar-refractivity contribution in [2.24, 2.45) is 0 Å². The molecule has 0 N–H and O–H groups in total. The molecule has 0 bridgehead atoms. The number of carbonyl (C=O) groups excluding carboxylic acids is 1. The summed E-state index contributed by atoms with van der Waals surface area (Å²) in [5, 5.41) is 0. The van der Waals surface area contributed by atoms with E-state index in [0.717, 1.165) is 5.56 Å². The number of hydrogen-bond acceptors (Lipinski definition) is 3. The fourth-order valence-corrected chi connectivity index (χ4v) is 1.46. The van der Waals surface area contributed by atoms with Crippen molar-refractivity contribution < 1.29 is 14.3 Å². The minimum absolute atomic E-state index is 0.0279. The lowest BCUT2D eigenvalue weighted by Crippen LogP contribution is -2.24. The van der Waals surface area contributed by atoms with Gasteiger partial charge >= 0.3 is 5.97 Å². The maximum Gasteiger partial charge on any atom is 0.340 e. The van der Waals surface area contributed by atoms with Crippen LogP contribution in [0.25, 0.3) is 0 Å². The van der Waals surface area contributed by atoms with Gasteiger partial charge in [0.2, 0.25) is 0 Å². The molecule has 0 saturated carbocycles. The standard InChI is InChI=1S/C14H20O3/c1-10(2)16-13(14(15)17-11(3)4)12-8-6-5-7-9-12/h5-11,13H,1-4H3/t13-/m1/s1. The highest BCUT2D eigenvalue weighted by Gasteiger charge is 2.24. The number of rotatable bonds is 5. The van der Waals surface area contributed by atoms with Crippen LogP contribution < -0.4 is 0 Å². The van der Waals surface area contributed by atoms with E-state index < -0.39 is 6.10 Å². The average molecular weight is 236 g/mol. The summed E-state index contributed by atoms with van der Waals surface area (Å²) in [4.78, 5) is 11.9. The van der Waals surface area contributed by atoms with E-state index in [1.807, 2.05) is 58.0 Å². The molecular weight excluding hydrogens is 216 g/mol. The van der Waals surface area contributed by atoms with E-state index in [1.54, 1.807) is 0 Å². The van der Waals surface area contributed by atoms with Crippen LogP contribution in [0.3, 0.4) is 0 Å². The summed E-state index contributed by atoms with van der Waals surface area (Å²) in [5.74, 6) is -0.333. The second kappa shape index (κ2) is 6.40. The number of esters is 1. The van der Waals surface area contributed by atoms with Crippen molar-refractivity contribution in [1.29, 1.82) is 0 Å². The van der Waals surface area contributed by atoms with Gasteiger partial charge in [-0.1, -0.05) is 30.3 Å². The van der Waals surface area contributed by atoms with Gasteiger partial charge in [-0.25, -0.2) is 4.79 Å². The molecule has 0 aromatic heterocycles. The van der Waals surface area contributed by atoms with Crippen molar-refractivity contribution in [2.75, 3.05) is 0 Å². The zero-order valence-corrected chi connectivity index (χ0v) is 10.8. The molecule has 1 atom stereocenters. The zero-order chi connectivity index (χ0) is 12.8. The average Bonchev–Trinajstić information content (AvgIpc) is 2.25. The largest absolute Gasteiger partial charge is 0.461 e. The molecule has 0 radical (unpaired) electrons. The normalized spacial score (nSPS) is 12.8. The van der Waals surface area contributed by atoms with Crippen LogP contribution in [0.4, 0.5) is 0 Å². The van der Waals surface area contributed by atoms with E-state index in [4.69, 9.17) is 9.47 Å². The van der Waals surface area contributed by atoms with Gasteiger partial charge in [-0.3, -0.25) is 0 Å². The van der Waals surface area contributed by atoms with E-state index in [1.165, 1.54) is 0 Å². The molecule has 0 aliphatic carbocycles. The highest BCUT2D eigenvalue weighted by Crippen LogP contribution is 2.21. The predicted molar refractivity (Wildman–Crippen MR) is 66.6 cm³/mol. The zero-order valence-electron chi connectivity index (χ0n) is 10.8. The Labute approximate surface area is 103 Å². The van der Waals surface area contributed by atoms with Crippen molar-refractivity contribution in [2.45, 2.75) is 46.0 Å². The third-order valence-corrected chi connectivity index (χ3v) is 2.08. The van der Waals surface area contributed by atoms with Gasteiger partial charge in [0, 0.05) is 0 Å². The minimum atomic E-state index is -0.640. The molecule has 0 fully saturated rings. The summed E-state index contributed by atoms with van der Waals surface area (Å²) in [6.07, 6.45) is -0.803. The molecule has 0 unspecified atom stereocenters. The molecule has 1 rings (SSSR count). The summed E-state index contributed by atoms with van der Waals surface area (Å²) in [6.45, 7) is 7.46. The monoisotopic (exact) mass is 236 g/mol. The summed E-state index contributed by atoms with van der Waals surface area (Å²) >= 11 is 0. The molecule has 0 heterocycles. The van der Waals surface area contributed by atoms with Crippen molar-refractivity contribution in [1.82, 2.24) is 0 Å². The lowest BCUT2D eigenvalue weighted by Gasteiger charge is -2.20. The second-order valence-electron chi connectivity index (χ2n) is 4.46. The van der Waals surface area contributed by atoms with Crippen LogP contribution in [0, 0.1) is 0 Å². The smallest absolute Gasteiger partial charge is 0.340 e. The maximum atomic E-state index is 11.9. The van der Waals surface area contributed by atoms with E-state index >= 15 is 0 Å². The molecular formula is C14H20O3. The Balaban J connectivity index is 2.84. The van der Waals surface area contributed by atoms with Crippen LogP contribution in [0.1, 0.15) is 39.4 Å². The number of hydrogen-bond donors (Lipinski definition) is 0. The van der Waals surface area contributed by atoms with Crippen LogP contribution in [-0.4, -0.2) is 18.2 Å². The van der Waals surface area contributed by atoms with Crippen molar-refractivity contribution in [3.63, 3.8) is 0 Å². The molecule has 3 nitrogen and oxygen atoms in total. The molecule has 0 aliphatic heterocycles. The molecule has 1 aromatic rings. The maximum absolute atomic E-state index is 11.9. The van der Waals surface area contributed by atoms with Gasteiger partial charge in [-0.05, 0) is 33.3 Å². The first-order valence-electron chi connectivity index (χ1n) is 5.91.